The fourth-order valence-corrected chi connectivity index (χ4v) is 10.1. The van der Waals surface area contributed by atoms with Crippen molar-refractivity contribution in [1.29, 1.82) is 0 Å². The molecule has 5 heteroatoms. The standard InChI is InChI=1S/C38H23N3OS/c1-5-14-30-22(8-1)23-11-7-10-21(36(23)42-30)20-16-17-28-25(18-20)34-33-24-9-2-6-15-31(24)43-32(33)19-26-35(34)40(28)37-38(26)39-27-12-3-4-13-29(27)41(37)38/h1-19,27,29,37,39H. The summed E-state index contributed by atoms with van der Waals surface area (Å²) in [5, 5.41) is 11.9. The third-order valence-electron chi connectivity index (χ3n) is 10.6. The molecule has 0 amide bonds. The minimum atomic E-state index is -0.140. The SMILES string of the molecule is C1=CC2NC34c5cc6sc7ccccc7c6c6c7cc(-c8cccc9c8oc8ccccc89)ccc7n(c56)C3N4C2C=C1. The quantitative estimate of drug-likeness (QED) is 0.200. The summed E-state index contributed by atoms with van der Waals surface area (Å²) in [7, 11) is 0. The molecule has 2 fully saturated rings. The van der Waals surface area contributed by atoms with Crippen molar-refractivity contribution in [2.45, 2.75) is 23.9 Å². The van der Waals surface area contributed by atoms with Gasteiger partial charge in [0, 0.05) is 58.9 Å². The van der Waals surface area contributed by atoms with Gasteiger partial charge in [-0.15, -0.1) is 11.3 Å². The van der Waals surface area contributed by atoms with Crippen molar-refractivity contribution in [3.63, 3.8) is 0 Å². The molecule has 2 saturated heterocycles. The van der Waals surface area contributed by atoms with Gasteiger partial charge in [-0.25, -0.2) is 4.90 Å². The van der Waals surface area contributed by atoms with Crippen molar-refractivity contribution < 1.29 is 4.42 Å². The zero-order chi connectivity index (χ0) is 27.6. The Balaban J connectivity index is 1.20. The molecule has 12 rings (SSSR count). The highest BCUT2D eigenvalue weighted by atomic mass is 32.1. The highest BCUT2D eigenvalue weighted by molar-refractivity contribution is 7.26. The number of hydrogen-bond donors (Lipinski definition) is 1. The number of nitrogens with one attached hydrogen (secondary N) is 1. The first-order valence-corrected chi connectivity index (χ1v) is 15.9. The number of piperazine rings is 1. The van der Waals surface area contributed by atoms with Gasteiger partial charge in [0.2, 0.25) is 0 Å². The van der Waals surface area contributed by atoms with E-state index in [1.807, 2.05) is 17.4 Å². The Kier molecular flexibility index (Phi) is 3.62. The maximum atomic E-state index is 6.48. The highest BCUT2D eigenvalue weighted by Crippen LogP contribution is 2.69. The Morgan fingerprint density at radius 2 is 1.60 bits per heavy atom. The van der Waals surface area contributed by atoms with Crippen LogP contribution in [0.5, 0.6) is 0 Å². The summed E-state index contributed by atoms with van der Waals surface area (Å²) in [5.41, 5.74) is 8.22. The molecule has 5 aromatic carbocycles. The Morgan fingerprint density at radius 1 is 0.744 bits per heavy atom. The van der Waals surface area contributed by atoms with Crippen molar-refractivity contribution in [1.82, 2.24) is 14.8 Å². The number of hydrogen-bond acceptors (Lipinski definition) is 4. The number of aromatic nitrogens is 1. The van der Waals surface area contributed by atoms with Gasteiger partial charge in [-0.2, -0.15) is 0 Å². The number of furan rings is 1. The normalized spacial score (nSPS) is 26.4. The molecule has 6 heterocycles. The second-order valence-electron chi connectivity index (χ2n) is 12.5. The lowest BCUT2D eigenvalue weighted by molar-refractivity contribution is 0.390. The molecule has 202 valence electrons. The third kappa shape index (κ3) is 2.36. The lowest BCUT2D eigenvalue weighted by Gasteiger charge is -2.22. The van der Waals surface area contributed by atoms with E-state index < -0.39 is 0 Å². The third-order valence-corrected chi connectivity index (χ3v) is 11.7. The van der Waals surface area contributed by atoms with Crippen LogP contribution in [-0.2, 0) is 5.66 Å². The zero-order valence-electron chi connectivity index (χ0n) is 22.9. The molecule has 0 bridgehead atoms. The van der Waals surface area contributed by atoms with Crippen LogP contribution in [0.15, 0.2) is 120 Å². The summed E-state index contributed by atoms with van der Waals surface area (Å²) < 4.78 is 11.8. The molecule has 8 aromatic rings. The van der Waals surface area contributed by atoms with E-state index in [-0.39, 0.29) is 11.8 Å². The first-order chi connectivity index (χ1) is 21.3. The summed E-state index contributed by atoms with van der Waals surface area (Å²) in [4.78, 5) is 2.70. The number of fused-ring (bicyclic) bond motifs is 14. The van der Waals surface area contributed by atoms with Crippen LogP contribution < -0.4 is 5.32 Å². The summed E-state index contributed by atoms with van der Waals surface area (Å²) in [6.45, 7) is 0. The molecule has 43 heavy (non-hydrogen) atoms. The predicted octanol–water partition coefficient (Wildman–Crippen LogP) is 9.18. The summed E-state index contributed by atoms with van der Waals surface area (Å²) >= 11 is 1.92. The Bertz CT molecular complexity index is 2650. The van der Waals surface area contributed by atoms with Crippen LogP contribution in [0.4, 0.5) is 0 Å². The molecular formula is C38H23N3OS. The van der Waals surface area contributed by atoms with Crippen LogP contribution in [0.3, 0.4) is 0 Å². The largest absolute Gasteiger partial charge is 0.455 e. The smallest absolute Gasteiger partial charge is 0.143 e. The molecule has 0 saturated carbocycles. The maximum Gasteiger partial charge on any atom is 0.143 e. The van der Waals surface area contributed by atoms with E-state index >= 15 is 0 Å². The van der Waals surface area contributed by atoms with Crippen LogP contribution >= 0.6 is 11.3 Å². The number of nitrogens with zero attached hydrogens (tertiary/aromatic N) is 2. The second kappa shape index (κ2) is 7.09. The Morgan fingerprint density at radius 3 is 2.58 bits per heavy atom. The molecule has 4 nitrogen and oxygen atoms in total. The summed E-state index contributed by atoms with van der Waals surface area (Å²) in [6, 6.07) is 34.1. The molecule has 0 radical (unpaired) electrons. The van der Waals surface area contributed by atoms with Crippen molar-refractivity contribution in [3.05, 3.63) is 121 Å². The summed E-state index contributed by atoms with van der Waals surface area (Å²) in [6.07, 6.45) is 9.38. The van der Waals surface area contributed by atoms with Gasteiger partial charge in [0.25, 0.3) is 0 Å². The fraction of sp³-hybridized carbons (Fsp3) is 0.105. The van der Waals surface area contributed by atoms with E-state index in [1.165, 1.54) is 63.9 Å². The number of benzene rings is 5. The fourth-order valence-electron chi connectivity index (χ4n) is 8.90. The number of allylic oxidation sites excluding steroid dienone is 2. The van der Waals surface area contributed by atoms with Gasteiger partial charge in [-0.05, 0) is 35.9 Å². The van der Waals surface area contributed by atoms with Gasteiger partial charge in [0.1, 0.15) is 23.0 Å². The number of para-hydroxylation sites is 2. The minimum Gasteiger partial charge on any atom is -0.455 e. The van der Waals surface area contributed by atoms with Gasteiger partial charge in [0.05, 0.1) is 17.1 Å². The van der Waals surface area contributed by atoms with Gasteiger partial charge < -0.3 is 8.98 Å². The first kappa shape index (κ1) is 21.9. The van der Waals surface area contributed by atoms with Crippen LogP contribution in [0.1, 0.15) is 11.7 Å². The first-order valence-electron chi connectivity index (χ1n) is 15.1. The molecule has 4 aliphatic rings. The predicted molar refractivity (Wildman–Crippen MR) is 177 cm³/mol. The Labute approximate surface area is 249 Å². The van der Waals surface area contributed by atoms with E-state index in [0.717, 1.165) is 16.7 Å². The average Bonchev–Trinajstić information content (AvgIpc) is 3.57. The summed E-state index contributed by atoms with van der Waals surface area (Å²) in [5.74, 6) is 0. The molecule has 5 atom stereocenters. The van der Waals surface area contributed by atoms with E-state index in [4.69, 9.17) is 4.42 Å². The van der Waals surface area contributed by atoms with Gasteiger partial charge >= 0.3 is 0 Å². The van der Waals surface area contributed by atoms with Gasteiger partial charge in [-0.1, -0.05) is 85.0 Å². The molecule has 3 aliphatic heterocycles. The lowest BCUT2D eigenvalue weighted by Crippen LogP contribution is -2.38. The minimum absolute atomic E-state index is 0.140. The van der Waals surface area contributed by atoms with Crippen molar-refractivity contribution in [2.75, 3.05) is 0 Å². The Hall–Kier alpha value is -4.68. The van der Waals surface area contributed by atoms with Crippen LogP contribution in [0.25, 0.3) is 75.0 Å². The van der Waals surface area contributed by atoms with E-state index in [2.05, 4.69) is 124 Å². The van der Waals surface area contributed by atoms with Crippen LogP contribution in [-0.4, -0.2) is 21.6 Å². The second-order valence-corrected chi connectivity index (χ2v) is 13.6. The lowest BCUT2D eigenvalue weighted by atomic mass is 9.96. The molecule has 5 unspecified atom stereocenters. The van der Waals surface area contributed by atoms with Gasteiger partial charge in [-0.3, -0.25) is 5.32 Å². The maximum absolute atomic E-state index is 6.48. The zero-order valence-corrected chi connectivity index (χ0v) is 23.7. The monoisotopic (exact) mass is 569 g/mol. The van der Waals surface area contributed by atoms with E-state index in [0.29, 0.717) is 12.1 Å². The molecular weight excluding hydrogens is 547 g/mol. The molecule has 1 aliphatic carbocycles. The topological polar surface area (TPSA) is 33.1 Å². The number of thiophene rings is 1. The van der Waals surface area contributed by atoms with Crippen molar-refractivity contribution in [3.8, 4) is 11.1 Å². The van der Waals surface area contributed by atoms with Crippen LogP contribution in [0, 0.1) is 0 Å². The molecule has 1 N–H and O–H groups in total. The molecule has 3 aromatic heterocycles. The van der Waals surface area contributed by atoms with Crippen molar-refractivity contribution >= 4 is 75.3 Å². The van der Waals surface area contributed by atoms with Gasteiger partial charge in [0.15, 0.2) is 0 Å². The van der Waals surface area contributed by atoms with E-state index in [9.17, 15) is 0 Å². The highest BCUT2D eigenvalue weighted by Gasteiger charge is 2.76. The van der Waals surface area contributed by atoms with Crippen molar-refractivity contribution in [2.24, 2.45) is 0 Å². The average molecular weight is 570 g/mol. The number of rotatable bonds is 1. The molecule has 1 spiro atoms. The van der Waals surface area contributed by atoms with E-state index in [1.54, 1.807) is 0 Å². The van der Waals surface area contributed by atoms with Crippen LogP contribution in [0.2, 0.25) is 0 Å².